The molecule has 4 nitrogen and oxygen atoms in total. The number of pyridine rings is 1. The quantitative estimate of drug-likeness (QED) is 0.847. The minimum atomic E-state index is 0.116. The van der Waals surface area contributed by atoms with E-state index in [0.717, 1.165) is 38.2 Å². The highest BCUT2D eigenvalue weighted by molar-refractivity contribution is 5.94. The van der Waals surface area contributed by atoms with Crippen molar-refractivity contribution in [1.29, 1.82) is 0 Å². The third kappa shape index (κ3) is 3.45. The Morgan fingerprint density at radius 1 is 1.08 bits per heavy atom. The molecule has 0 spiro atoms. The van der Waals surface area contributed by atoms with Gasteiger partial charge in [0.05, 0.1) is 5.56 Å². The number of aryl methyl sites for hydroxylation is 2. The summed E-state index contributed by atoms with van der Waals surface area (Å²) in [5.74, 6) is 0.116. The van der Waals surface area contributed by atoms with Crippen LogP contribution in [0, 0.1) is 6.92 Å². The van der Waals surface area contributed by atoms with Crippen molar-refractivity contribution < 1.29 is 4.79 Å². The van der Waals surface area contributed by atoms with Crippen LogP contribution in [0.5, 0.6) is 0 Å². The predicted octanol–water partition coefficient (Wildman–Crippen LogP) is 2.71. The fourth-order valence-corrected chi connectivity index (χ4v) is 4.13. The van der Waals surface area contributed by atoms with Gasteiger partial charge in [-0.3, -0.25) is 14.7 Å². The lowest BCUT2D eigenvalue weighted by Crippen LogP contribution is -2.53. The molecule has 4 rings (SSSR count). The molecule has 130 valence electrons. The third-order valence-corrected chi connectivity index (χ3v) is 5.56. The maximum atomic E-state index is 12.7. The molecule has 1 aliphatic carbocycles. The molecule has 2 aromatic rings. The van der Waals surface area contributed by atoms with Gasteiger partial charge in [-0.15, -0.1) is 0 Å². The van der Waals surface area contributed by atoms with E-state index in [1.54, 1.807) is 12.4 Å². The number of rotatable bonds is 2. The Balaban J connectivity index is 1.37. The Hall–Kier alpha value is -2.20. The highest BCUT2D eigenvalue weighted by Gasteiger charge is 2.29. The lowest BCUT2D eigenvalue weighted by molar-refractivity contribution is 0.0552. The number of hydrogen-bond acceptors (Lipinski definition) is 3. The van der Waals surface area contributed by atoms with E-state index in [2.05, 4.69) is 34.1 Å². The molecule has 1 amide bonds. The van der Waals surface area contributed by atoms with Crippen LogP contribution in [0.25, 0.3) is 0 Å². The van der Waals surface area contributed by atoms with Crippen molar-refractivity contribution in [3.05, 3.63) is 65.0 Å². The number of hydrogen-bond donors (Lipinski definition) is 0. The Kier molecular flexibility index (Phi) is 4.53. The maximum absolute atomic E-state index is 12.7. The largest absolute Gasteiger partial charge is 0.336 e. The van der Waals surface area contributed by atoms with Crippen LogP contribution in [0.3, 0.4) is 0 Å². The monoisotopic (exact) mass is 335 g/mol. The van der Waals surface area contributed by atoms with Crippen LogP contribution in [-0.2, 0) is 12.8 Å². The smallest absolute Gasteiger partial charge is 0.255 e. The zero-order valence-electron chi connectivity index (χ0n) is 14.8. The summed E-state index contributed by atoms with van der Waals surface area (Å²) in [5.41, 5.74) is 4.76. The van der Waals surface area contributed by atoms with E-state index < -0.39 is 0 Å². The number of aromatic nitrogens is 1. The standard InChI is InChI=1S/C21H25N3O/c1-16-12-19(15-22-14-16)21(25)24-10-8-23(9-11-24)20-7-6-17-4-2-3-5-18(17)13-20/h2-5,12,14-15,20H,6-11,13H2,1H3/t20-/m1/s1. The number of carbonyl (C=O) groups is 1. The molecule has 25 heavy (non-hydrogen) atoms. The maximum Gasteiger partial charge on any atom is 0.255 e. The van der Waals surface area contributed by atoms with Gasteiger partial charge in [0.15, 0.2) is 0 Å². The predicted molar refractivity (Wildman–Crippen MR) is 98.7 cm³/mol. The van der Waals surface area contributed by atoms with Gasteiger partial charge in [0.2, 0.25) is 0 Å². The van der Waals surface area contributed by atoms with Crippen LogP contribution in [0.15, 0.2) is 42.7 Å². The van der Waals surface area contributed by atoms with Crippen molar-refractivity contribution >= 4 is 5.91 Å². The van der Waals surface area contributed by atoms with Crippen molar-refractivity contribution in [2.45, 2.75) is 32.2 Å². The van der Waals surface area contributed by atoms with Crippen LogP contribution in [0.2, 0.25) is 0 Å². The van der Waals surface area contributed by atoms with E-state index in [9.17, 15) is 4.79 Å². The minimum absolute atomic E-state index is 0.116. The molecular weight excluding hydrogens is 310 g/mol. The zero-order chi connectivity index (χ0) is 17.2. The second kappa shape index (κ2) is 6.96. The first-order valence-corrected chi connectivity index (χ1v) is 9.22. The van der Waals surface area contributed by atoms with Gasteiger partial charge >= 0.3 is 0 Å². The zero-order valence-corrected chi connectivity index (χ0v) is 14.8. The second-order valence-corrected chi connectivity index (χ2v) is 7.24. The van der Waals surface area contributed by atoms with Crippen LogP contribution >= 0.6 is 0 Å². The molecule has 0 saturated carbocycles. The van der Waals surface area contributed by atoms with Crippen LogP contribution in [-0.4, -0.2) is 52.9 Å². The molecule has 1 saturated heterocycles. The minimum Gasteiger partial charge on any atom is -0.336 e. The summed E-state index contributed by atoms with van der Waals surface area (Å²) in [4.78, 5) is 21.4. The number of benzene rings is 1. The van der Waals surface area contributed by atoms with Crippen LogP contribution < -0.4 is 0 Å². The normalized spacial score (nSPS) is 21.0. The van der Waals surface area contributed by atoms with E-state index in [0.29, 0.717) is 11.6 Å². The molecule has 1 atom stereocenters. The summed E-state index contributed by atoms with van der Waals surface area (Å²) in [6.45, 7) is 5.54. The Morgan fingerprint density at radius 2 is 1.84 bits per heavy atom. The third-order valence-electron chi connectivity index (χ3n) is 5.56. The highest BCUT2D eigenvalue weighted by atomic mass is 16.2. The highest BCUT2D eigenvalue weighted by Crippen LogP contribution is 2.25. The molecule has 0 unspecified atom stereocenters. The van der Waals surface area contributed by atoms with Gasteiger partial charge in [0, 0.05) is 44.6 Å². The Bertz CT molecular complexity index is 765. The summed E-state index contributed by atoms with van der Waals surface area (Å²) in [7, 11) is 0. The molecule has 1 aliphatic heterocycles. The molecule has 2 heterocycles. The molecule has 4 heteroatoms. The lowest BCUT2D eigenvalue weighted by Gasteiger charge is -2.41. The summed E-state index contributed by atoms with van der Waals surface area (Å²) < 4.78 is 0. The first-order valence-electron chi connectivity index (χ1n) is 9.22. The fourth-order valence-electron chi connectivity index (χ4n) is 4.13. The van der Waals surface area contributed by atoms with Gasteiger partial charge in [-0.2, -0.15) is 0 Å². The topological polar surface area (TPSA) is 36.4 Å². The Morgan fingerprint density at radius 3 is 2.60 bits per heavy atom. The fraction of sp³-hybridized carbons (Fsp3) is 0.429. The first kappa shape index (κ1) is 16.3. The molecule has 1 aromatic carbocycles. The molecule has 1 aromatic heterocycles. The van der Waals surface area contributed by atoms with Gasteiger partial charge in [-0.05, 0) is 48.9 Å². The molecule has 0 N–H and O–H groups in total. The van der Waals surface area contributed by atoms with Crippen molar-refractivity contribution in [2.24, 2.45) is 0 Å². The van der Waals surface area contributed by atoms with E-state index in [-0.39, 0.29) is 5.91 Å². The molecule has 2 aliphatic rings. The van der Waals surface area contributed by atoms with E-state index in [4.69, 9.17) is 0 Å². The van der Waals surface area contributed by atoms with Gasteiger partial charge < -0.3 is 4.90 Å². The van der Waals surface area contributed by atoms with Gasteiger partial charge in [-0.1, -0.05) is 24.3 Å². The second-order valence-electron chi connectivity index (χ2n) is 7.24. The summed E-state index contributed by atoms with van der Waals surface area (Å²) >= 11 is 0. The van der Waals surface area contributed by atoms with Crippen LogP contribution in [0.1, 0.15) is 33.5 Å². The average Bonchev–Trinajstić information content (AvgIpc) is 2.67. The van der Waals surface area contributed by atoms with Crippen molar-refractivity contribution in [3.63, 3.8) is 0 Å². The number of nitrogens with zero attached hydrogens (tertiary/aromatic N) is 3. The van der Waals surface area contributed by atoms with E-state index in [1.807, 2.05) is 17.9 Å². The van der Waals surface area contributed by atoms with Gasteiger partial charge in [0.1, 0.15) is 0 Å². The van der Waals surface area contributed by atoms with E-state index >= 15 is 0 Å². The summed E-state index contributed by atoms with van der Waals surface area (Å²) in [6.07, 6.45) is 7.02. The van der Waals surface area contributed by atoms with Crippen molar-refractivity contribution in [2.75, 3.05) is 26.2 Å². The SMILES string of the molecule is Cc1cncc(C(=O)N2CCN([C@@H]3CCc4ccccc4C3)CC2)c1. The first-order chi connectivity index (χ1) is 12.2. The summed E-state index contributed by atoms with van der Waals surface area (Å²) in [5, 5.41) is 0. The van der Waals surface area contributed by atoms with E-state index in [1.165, 1.54) is 24.0 Å². The van der Waals surface area contributed by atoms with Crippen molar-refractivity contribution in [3.8, 4) is 0 Å². The molecule has 0 bridgehead atoms. The molecular formula is C21H25N3O. The molecule has 0 radical (unpaired) electrons. The number of amides is 1. The Labute approximate surface area is 149 Å². The molecule has 1 fully saturated rings. The number of carbonyl (C=O) groups excluding carboxylic acids is 1. The average molecular weight is 335 g/mol. The summed E-state index contributed by atoms with van der Waals surface area (Å²) in [6, 6.07) is 11.4. The van der Waals surface area contributed by atoms with Crippen LogP contribution in [0.4, 0.5) is 0 Å². The van der Waals surface area contributed by atoms with Gasteiger partial charge in [0.25, 0.3) is 5.91 Å². The number of fused-ring (bicyclic) bond motifs is 1. The van der Waals surface area contributed by atoms with Crippen molar-refractivity contribution in [1.82, 2.24) is 14.8 Å². The lowest BCUT2D eigenvalue weighted by atomic mass is 9.87. The van der Waals surface area contributed by atoms with Gasteiger partial charge in [-0.25, -0.2) is 0 Å². The number of piperazine rings is 1.